The number of amides is 1. The van der Waals surface area contributed by atoms with E-state index in [9.17, 15) is 19.8 Å². The smallest absolute Gasteiger partial charge is 0.341 e. The maximum Gasteiger partial charge on any atom is 0.341 e. The summed E-state index contributed by atoms with van der Waals surface area (Å²) in [5, 5.41) is 22.8. The minimum atomic E-state index is -0.708. The van der Waals surface area contributed by atoms with Crippen molar-refractivity contribution in [2.75, 3.05) is 26.3 Å². The minimum Gasteiger partial charge on any atom is -0.507 e. The molecule has 1 aromatic rings. The molecule has 0 saturated carbocycles. The zero-order chi connectivity index (χ0) is 23.2. The summed E-state index contributed by atoms with van der Waals surface area (Å²) in [6.45, 7) is 1.73. The van der Waals surface area contributed by atoms with Crippen molar-refractivity contribution in [3.8, 4) is 11.5 Å². The van der Waals surface area contributed by atoms with E-state index in [1.807, 2.05) is 23.1 Å². The van der Waals surface area contributed by atoms with Crippen LogP contribution in [0.5, 0.6) is 11.5 Å². The molecule has 32 heavy (non-hydrogen) atoms. The van der Waals surface area contributed by atoms with E-state index in [1.54, 1.807) is 6.08 Å². The lowest BCUT2D eigenvalue weighted by atomic mass is 10.1. The van der Waals surface area contributed by atoms with Gasteiger partial charge in [-0.05, 0) is 50.7 Å². The van der Waals surface area contributed by atoms with Crippen LogP contribution in [0.2, 0.25) is 5.02 Å². The van der Waals surface area contributed by atoms with Gasteiger partial charge in [-0.2, -0.15) is 0 Å². The normalized spacial score (nSPS) is 14.5. The minimum absolute atomic E-state index is 0.0229. The number of hydrogen-bond acceptors (Lipinski definition) is 7. The lowest BCUT2D eigenvalue weighted by Crippen LogP contribution is -2.37. The largest absolute Gasteiger partial charge is 0.507 e. The van der Waals surface area contributed by atoms with Crippen LogP contribution in [0.25, 0.3) is 0 Å². The fraction of sp³-hybridized carbons (Fsp3) is 0.435. The number of hydrogen-bond donors (Lipinski definition) is 2. The summed E-state index contributed by atoms with van der Waals surface area (Å²) in [5.41, 5.74) is -0.0941. The molecule has 0 unspecified atom stereocenters. The van der Waals surface area contributed by atoms with Gasteiger partial charge >= 0.3 is 5.97 Å². The topological polar surface area (TPSA) is 109 Å². The van der Waals surface area contributed by atoms with Gasteiger partial charge in [-0.25, -0.2) is 4.79 Å². The van der Waals surface area contributed by atoms with Gasteiger partial charge in [-0.3, -0.25) is 4.79 Å². The van der Waals surface area contributed by atoms with E-state index >= 15 is 0 Å². The molecular weight excluding hydrogens is 436 g/mol. The quantitative estimate of drug-likeness (QED) is 0.167. The van der Waals surface area contributed by atoms with Crippen LogP contribution >= 0.6 is 11.6 Å². The predicted octanol–water partition coefficient (Wildman–Crippen LogP) is 4.21. The number of unbranched alkanes of at least 4 members (excludes halogenated alkanes) is 1. The average Bonchev–Trinajstić information content (AvgIpc) is 2.79. The Kier molecular flexibility index (Phi) is 11.2. The molecule has 1 fully saturated rings. The molecule has 0 bridgehead atoms. The molecule has 1 aliphatic heterocycles. The van der Waals surface area contributed by atoms with Crippen molar-refractivity contribution >= 4 is 29.7 Å². The van der Waals surface area contributed by atoms with Crippen LogP contribution in [-0.2, 0) is 14.4 Å². The number of esters is 1. The van der Waals surface area contributed by atoms with E-state index in [1.165, 1.54) is 12.6 Å². The highest BCUT2D eigenvalue weighted by Crippen LogP contribution is 2.31. The highest BCUT2D eigenvalue weighted by molar-refractivity contribution is 6.32. The molecule has 0 aliphatic carbocycles. The summed E-state index contributed by atoms with van der Waals surface area (Å²) < 4.78 is 5.08. The number of aromatic hydroxyl groups is 2. The van der Waals surface area contributed by atoms with Crippen molar-refractivity contribution in [3.63, 3.8) is 0 Å². The molecule has 9 heteroatoms. The van der Waals surface area contributed by atoms with E-state index in [-0.39, 0.29) is 41.2 Å². The van der Waals surface area contributed by atoms with Crippen LogP contribution in [0.4, 0.5) is 0 Å². The maximum atomic E-state index is 11.9. The van der Waals surface area contributed by atoms with Crippen LogP contribution < -0.4 is 0 Å². The fourth-order valence-electron chi connectivity index (χ4n) is 3.00. The zero-order valence-corrected chi connectivity index (χ0v) is 18.7. The molecular formula is C23H29ClN2O6. The van der Waals surface area contributed by atoms with E-state index in [4.69, 9.17) is 21.2 Å². The maximum absolute atomic E-state index is 11.9. The van der Waals surface area contributed by atoms with Crippen LogP contribution in [0.15, 0.2) is 41.6 Å². The summed E-state index contributed by atoms with van der Waals surface area (Å²) >= 11 is 5.74. The third-order valence-electron chi connectivity index (χ3n) is 4.72. The number of oxime groups is 1. The van der Waals surface area contributed by atoms with Crippen molar-refractivity contribution < 1.29 is 29.4 Å². The molecule has 1 amide bonds. The van der Waals surface area contributed by atoms with Gasteiger partial charge in [0.15, 0.2) is 6.61 Å². The first kappa shape index (κ1) is 25.3. The van der Waals surface area contributed by atoms with E-state index < -0.39 is 5.97 Å². The van der Waals surface area contributed by atoms with Gasteiger partial charge in [0.2, 0.25) is 0 Å². The second-order valence-corrected chi connectivity index (χ2v) is 7.60. The molecule has 0 aromatic heterocycles. The number of piperidine rings is 1. The first-order valence-electron chi connectivity index (χ1n) is 10.6. The summed E-state index contributed by atoms with van der Waals surface area (Å²) in [7, 11) is 0. The average molecular weight is 465 g/mol. The Balaban J connectivity index is 1.52. The number of halogens is 1. The molecule has 1 saturated heterocycles. The summed E-state index contributed by atoms with van der Waals surface area (Å²) in [6, 6.07) is 2.16. The van der Waals surface area contributed by atoms with E-state index in [2.05, 4.69) is 5.16 Å². The lowest BCUT2D eigenvalue weighted by Gasteiger charge is -2.25. The van der Waals surface area contributed by atoms with Gasteiger partial charge < -0.3 is 24.7 Å². The lowest BCUT2D eigenvalue weighted by molar-refractivity contribution is -0.136. The monoisotopic (exact) mass is 464 g/mol. The number of phenolic OH excluding ortho intramolecular Hbond substituents is 2. The number of ether oxygens (including phenoxy) is 1. The molecule has 0 atom stereocenters. The number of carbonyl (C=O) groups is 2. The number of benzene rings is 1. The summed E-state index contributed by atoms with van der Waals surface area (Å²) in [6.07, 6.45) is 14.5. The molecule has 1 heterocycles. The SMILES string of the molecule is O=C(OCC/C=C/CC/C=C/C=N/OCC(=O)N1CCCCC1)c1cc(Cl)c(O)cc1O. The van der Waals surface area contributed by atoms with Gasteiger partial charge in [0.05, 0.1) is 17.8 Å². The molecule has 2 rings (SSSR count). The summed E-state index contributed by atoms with van der Waals surface area (Å²) in [5.74, 6) is -1.42. The van der Waals surface area contributed by atoms with Gasteiger partial charge in [0.1, 0.15) is 17.1 Å². The second-order valence-electron chi connectivity index (χ2n) is 7.19. The standard InChI is InChI=1S/C23H29ClN2O6/c24-19-15-18(20(27)16-21(19)28)23(30)31-14-10-5-3-1-2-4-7-11-25-32-17-22(29)26-12-8-6-9-13-26/h3-5,7,11,15-16,27-28H,1-2,6,8-10,12-14,17H2/b5-3+,7-4+,25-11+. The van der Waals surface area contributed by atoms with Gasteiger partial charge in [0.25, 0.3) is 5.91 Å². The number of allylic oxidation sites excluding steroid dienone is 3. The first-order chi connectivity index (χ1) is 15.5. The highest BCUT2D eigenvalue weighted by atomic mass is 35.5. The third-order valence-corrected chi connectivity index (χ3v) is 5.03. The Morgan fingerprint density at radius 1 is 1.03 bits per heavy atom. The van der Waals surface area contributed by atoms with Gasteiger partial charge in [-0.1, -0.05) is 35.0 Å². The van der Waals surface area contributed by atoms with Crippen LogP contribution in [0.3, 0.4) is 0 Å². The third kappa shape index (κ3) is 9.01. The molecule has 1 aliphatic rings. The number of likely N-dealkylation sites (tertiary alicyclic amines) is 1. The zero-order valence-electron chi connectivity index (χ0n) is 17.9. The molecule has 1 aromatic carbocycles. The predicted molar refractivity (Wildman–Crippen MR) is 122 cm³/mol. The fourth-order valence-corrected chi connectivity index (χ4v) is 3.17. The van der Waals surface area contributed by atoms with Crippen LogP contribution in [-0.4, -0.2) is 59.5 Å². The van der Waals surface area contributed by atoms with E-state index in [0.717, 1.165) is 50.9 Å². The number of phenols is 2. The van der Waals surface area contributed by atoms with Crippen molar-refractivity contribution in [1.29, 1.82) is 0 Å². The van der Waals surface area contributed by atoms with Crippen molar-refractivity contribution in [3.05, 3.63) is 47.0 Å². The van der Waals surface area contributed by atoms with Crippen molar-refractivity contribution in [2.24, 2.45) is 5.16 Å². The van der Waals surface area contributed by atoms with Gasteiger partial charge in [0, 0.05) is 19.2 Å². The Labute approximate surface area is 192 Å². The Morgan fingerprint density at radius 2 is 1.75 bits per heavy atom. The number of carbonyl (C=O) groups excluding carboxylic acids is 2. The Morgan fingerprint density at radius 3 is 2.53 bits per heavy atom. The Bertz CT molecular complexity index is 847. The van der Waals surface area contributed by atoms with Crippen molar-refractivity contribution in [1.82, 2.24) is 4.90 Å². The molecule has 2 N–H and O–H groups in total. The van der Waals surface area contributed by atoms with Crippen LogP contribution in [0.1, 0.15) is 48.9 Å². The molecule has 174 valence electrons. The molecule has 0 radical (unpaired) electrons. The van der Waals surface area contributed by atoms with Crippen LogP contribution in [0, 0.1) is 0 Å². The highest BCUT2D eigenvalue weighted by Gasteiger charge is 2.17. The van der Waals surface area contributed by atoms with Crippen molar-refractivity contribution in [2.45, 2.75) is 38.5 Å². The van der Waals surface area contributed by atoms with Gasteiger partial charge in [-0.15, -0.1) is 0 Å². The Hall–Kier alpha value is -3.00. The number of rotatable bonds is 11. The number of nitrogens with zero attached hydrogens (tertiary/aromatic N) is 2. The van der Waals surface area contributed by atoms with E-state index in [0.29, 0.717) is 6.42 Å². The second kappa shape index (κ2) is 14.1. The first-order valence-corrected chi connectivity index (χ1v) is 11.0. The summed E-state index contributed by atoms with van der Waals surface area (Å²) in [4.78, 5) is 30.7. The molecule has 0 spiro atoms. The molecule has 8 nitrogen and oxygen atoms in total.